The Hall–Kier alpha value is -2.71. The summed E-state index contributed by atoms with van der Waals surface area (Å²) in [6.07, 6.45) is 3.96. The Morgan fingerprint density at radius 2 is 2.11 bits per heavy atom. The summed E-state index contributed by atoms with van der Waals surface area (Å²) in [4.78, 5) is 26.3. The number of thiophene rings is 1. The Bertz CT molecular complexity index is 966. The molecule has 0 aliphatic carbocycles. The maximum absolute atomic E-state index is 12.7. The third kappa shape index (κ3) is 3.41. The van der Waals surface area contributed by atoms with Gasteiger partial charge in [-0.2, -0.15) is 0 Å². The first-order valence-corrected chi connectivity index (χ1v) is 10.2. The summed E-state index contributed by atoms with van der Waals surface area (Å²) < 4.78 is 0. The highest BCUT2D eigenvalue weighted by Gasteiger charge is 2.34. The molecule has 0 saturated carbocycles. The van der Waals surface area contributed by atoms with Gasteiger partial charge in [-0.15, -0.1) is 11.3 Å². The van der Waals surface area contributed by atoms with Crippen LogP contribution in [0, 0.1) is 10.1 Å². The molecular weight excluding hydrogens is 376 g/mol. The predicted molar refractivity (Wildman–Crippen MR) is 110 cm³/mol. The fourth-order valence-corrected chi connectivity index (χ4v) is 5.15. The highest BCUT2D eigenvalue weighted by molar-refractivity contribution is 7.16. The molecule has 0 fully saturated rings. The summed E-state index contributed by atoms with van der Waals surface area (Å²) >= 11 is 1.66. The zero-order valence-electron chi connectivity index (χ0n) is 15.8. The lowest BCUT2D eigenvalue weighted by atomic mass is 10.0. The van der Waals surface area contributed by atoms with Crippen LogP contribution in [0.3, 0.4) is 0 Å². The fourth-order valence-electron chi connectivity index (χ4n) is 3.82. The molecule has 2 aromatic rings. The molecule has 1 aromatic carbocycles. The van der Waals surface area contributed by atoms with Crippen molar-refractivity contribution in [2.45, 2.75) is 39.0 Å². The summed E-state index contributed by atoms with van der Waals surface area (Å²) in [6.45, 7) is 6.45. The zero-order chi connectivity index (χ0) is 19.8. The van der Waals surface area contributed by atoms with Gasteiger partial charge in [-0.25, -0.2) is 0 Å². The summed E-state index contributed by atoms with van der Waals surface area (Å²) in [5, 5.41) is 18.4. The molecule has 7 nitrogen and oxygen atoms in total. The van der Waals surface area contributed by atoms with Crippen LogP contribution in [0.1, 0.15) is 40.2 Å². The van der Waals surface area contributed by atoms with Gasteiger partial charge in [0.25, 0.3) is 11.6 Å². The monoisotopic (exact) mass is 399 g/mol. The summed E-state index contributed by atoms with van der Waals surface area (Å²) in [6, 6.07) is 7.12. The van der Waals surface area contributed by atoms with Crippen molar-refractivity contribution < 1.29 is 14.6 Å². The first-order valence-electron chi connectivity index (χ1n) is 9.42. The van der Waals surface area contributed by atoms with Gasteiger partial charge in [0.1, 0.15) is 17.7 Å². The minimum atomic E-state index is -0.402. The van der Waals surface area contributed by atoms with Crippen LogP contribution in [0.15, 0.2) is 30.3 Å². The second-order valence-corrected chi connectivity index (χ2v) is 8.57. The normalized spacial score (nSPS) is 21.2. The lowest BCUT2D eigenvalue weighted by Gasteiger charge is -2.28. The van der Waals surface area contributed by atoms with E-state index in [0.29, 0.717) is 11.6 Å². The Morgan fingerprint density at radius 3 is 2.86 bits per heavy atom. The van der Waals surface area contributed by atoms with Crippen molar-refractivity contribution in [2.75, 3.05) is 11.9 Å². The van der Waals surface area contributed by atoms with Crippen molar-refractivity contribution in [1.29, 1.82) is 0 Å². The van der Waals surface area contributed by atoms with E-state index in [0.717, 1.165) is 30.1 Å². The standard InChI is InChI=1S/C20H22N4O3S/c1-12(2)23-10-9-14-16(11-23)28-20-18(14)19(25)21-17(22-20)8-7-13-5-3-4-6-15(13)24(26)27/h3-8,12,17,22H,9-11H2,1-2H3,(H,21,25)/p+1/b8-7-/t17-/m0/s1. The second kappa shape index (κ2) is 7.37. The smallest absolute Gasteiger partial charge is 0.276 e. The van der Waals surface area contributed by atoms with Crippen molar-refractivity contribution in [2.24, 2.45) is 0 Å². The Morgan fingerprint density at radius 1 is 1.32 bits per heavy atom. The molecule has 3 heterocycles. The fraction of sp³-hybridized carbons (Fsp3) is 0.350. The molecule has 0 spiro atoms. The van der Waals surface area contributed by atoms with E-state index in [9.17, 15) is 14.9 Å². The minimum Gasteiger partial charge on any atom is -0.353 e. The zero-order valence-corrected chi connectivity index (χ0v) is 16.6. The maximum atomic E-state index is 12.7. The summed E-state index contributed by atoms with van der Waals surface area (Å²) in [5.41, 5.74) is 2.51. The SMILES string of the molecule is CC(C)[NH+]1CCc2c(sc3c2C(=O)N[C@H](/C=C\c2ccccc2[N+](=O)[O-])N3)C1. The number of nitro groups is 1. The van der Waals surface area contributed by atoms with Crippen molar-refractivity contribution in [1.82, 2.24) is 5.32 Å². The van der Waals surface area contributed by atoms with Crippen molar-refractivity contribution in [3.05, 3.63) is 62.0 Å². The molecule has 28 heavy (non-hydrogen) atoms. The molecule has 1 aromatic heterocycles. The van der Waals surface area contributed by atoms with Crippen LogP contribution >= 0.6 is 11.3 Å². The third-order valence-corrected chi connectivity index (χ3v) is 6.56. The number of hydrogen-bond donors (Lipinski definition) is 3. The van der Waals surface area contributed by atoms with Crippen LogP contribution in [-0.4, -0.2) is 29.6 Å². The van der Waals surface area contributed by atoms with Crippen LogP contribution in [0.25, 0.3) is 6.08 Å². The van der Waals surface area contributed by atoms with Gasteiger partial charge in [0, 0.05) is 12.5 Å². The molecule has 8 heteroatoms. The molecule has 4 rings (SSSR count). The number of rotatable bonds is 4. The van der Waals surface area contributed by atoms with E-state index >= 15 is 0 Å². The molecule has 0 radical (unpaired) electrons. The second-order valence-electron chi connectivity index (χ2n) is 7.47. The van der Waals surface area contributed by atoms with Gasteiger partial charge in [0.15, 0.2) is 0 Å². The number of nitrogens with one attached hydrogen (secondary N) is 3. The van der Waals surface area contributed by atoms with Crippen molar-refractivity contribution in [3.63, 3.8) is 0 Å². The molecule has 2 atom stereocenters. The largest absolute Gasteiger partial charge is 0.353 e. The lowest BCUT2D eigenvalue weighted by Crippen LogP contribution is -3.14. The first kappa shape index (κ1) is 18.6. The Balaban J connectivity index is 1.56. The van der Waals surface area contributed by atoms with Crippen LogP contribution in [0.4, 0.5) is 10.7 Å². The Kier molecular flexibility index (Phi) is 4.91. The summed E-state index contributed by atoms with van der Waals surface area (Å²) in [7, 11) is 0. The average molecular weight is 399 g/mol. The van der Waals surface area contributed by atoms with E-state index < -0.39 is 11.1 Å². The number of nitro benzene ring substituents is 1. The van der Waals surface area contributed by atoms with Gasteiger partial charge in [-0.05, 0) is 37.6 Å². The molecule has 2 aliphatic rings. The van der Waals surface area contributed by atoms with Gasteiger partial charge < -0.3 is 15.5 Å². The van der Waals surface area contributed by atoms with E-state index in [1.807, 2.05) is 0 Å². The van der Waals surface area contributed by atoms with Crippen molar-refractivity contribution >= 4 is 34.0 Å². The van der Waals surface area contributed by atoms with E-state index in [2.05, 4.69) is 24.5 Å². The van der Waals surface area contributed by atoms with E-state index in [-0.39, 0.29) is 11.6 Å². The van der Waals surface area contributed by atoms with Gasteiger partial charge in [-0.3, -0.25) is 14.9 Å². The van der Waals surface area contributed by atoms with E-state index in [4.69, 9.17) is 0 Å². The molecular formula is C20H23N4O3S+. The molecule has 1 unspecified atom stereocenters. The predicted octanol–water partition coefficient (Wildman–Crippen LogP) is 2.20. The van der Waals surface area contributed by atoms with E-state index in [1.54, 1.807) is 46.6 Å². The third-order valence-electron chi connectivity index (χ3n) is 5.39. The minimum absolute atomic E-state index is 0.0462. The van der Waals surface area contributed by atoms with Crippen LogP contribution < -0.4 is 15.5 Å². The van der Waals surface area contributed by atoms with Gasteiger partial charge in [0.05, 0.1) is 33.5 Å². The molecule has 2 aliphatic heterocycles. The molecule has 0 saturated heterocycles. The summed E-state index contributed by atoms with van der Waals surface area (Å²) in [5.74, 6) is -0.0727. The number of anilines is 1. The number of carbonyl (C=O) groups is 1. The number of amides is 1. The number of nitrogens with zero attached hydrogens (tertiary/aromatic N) is 1. The van der Waals surface area contributed by atoms with Gasteiger partial charge in [0.2, 0.25) is 0 Å². The van der Waals surface area contributed by atoms with Crippen molar-refractivity contribution in [3.8, 4) is 0 Å². The number of fused-ring (bicyclic) bond motifs is 3. The molecule has 146 valence electrons. The molecule has 3 N–H and O–H groups in total. The maximum Gasteiger partial charge on any atom is 0.276 e. The molecule has 0 bridgehead atoms. The average Bonchev–Trinajstić information content (AvgIpc) is 3.04. The van der Waals surface area contributed by atoms with E-state index in [1.165, 1.54) is 16.5 Å². The number of para-hydroxylation sites is 1. The number of quaternary nitrogens is 1. The first-order chi connectivity index (χ1) is 13.4. The number of carbonyl (C=O) groups excluding carboxylic acids is 1. The van der Waals surface area contributed by atoms with Crippen LogP contribution in [0.5, 0.6) is 0 Å². The van der Waals surface area contributed by atoms with Gasteiger partial charge >= 0.3 is 0 Å². The number of benzene rings is 1. The topological polar surface area (TPSA) is 88.7 Å². The van der Waals surface area contributed by atoms with Gasteiger partial charge in [-0.1, -0.05) is 12.1 Å². The highest BCUT2D eigenvalue weighted by atomic mass is 32.1. The van der Waals surface area contributed by atoms with Crippen LogP contribution in [0.2, 0.25) is 0 Å². The lowest BCUT2D eigenvalue weighted by molar-refractivity contribution is -0.936. The van der Waals surface area contributed by atoms with Crippen LogP contribution in [-0.2, 0) is 13.0 Å². The quantitative estimate of drug-likeness (QED) is 0.543. The Labute approximate surface area is 167 Å². The number of hydrogen-bond acceptors (Lipinski definition) is 5. The highest BCUT2D eigenvalue weighted by Crippen LogP contribution is 2.37. The molecule has 1 amide bonds.